The van der Waals surface area contributed by atoms with Crippen molar-refractivity contribution in [3.05, 3.63) is 59.0 Å². The molecular weight excluding hydrogens is 254 g/mol. The van der Waals surface area contributed by atoms with Gasteiger partial charge < -0.3 is 9.15 Å². The van der Waals surface area contributed by atoms with Gasteiger partial charge in [0.05, 0.1) is 13.4 Å². The summed E-state index contributed by atoms with van der Waals surface area (Å²) in [5.74, 6) is -0.154. The second-order valence-electron chi connectivity index (χ2n) is 4.87. The molecule has 0 bridgehead atoms. The summed E-state index contributed by atoms with van der Waals surface area (Å²) >= 11 is 0. The van der Waals surface area contributed by atoms with Crippen LogP contribution >= 0.6 is 0 Å². The molecule has 0 saturated heterocycles. The highest BCUT2D eigenvalue weighted by molar-refractivity contribution is 5.87. The van der Waals surface area contributed by atoms with E-state index in [0.717, 1.165) is 12.1 Å². The molecule has 2 rings (SSSR count). The van der Waals surface area contributed by atoms with Gasteiger partial charge in [0.15, 0.2) is 0 Å². The number of hydrogen-bond acceptors (Lipinski definition) is 4. The number of nitrogens with zero attached hydrogens (tertiary/aromatic N) is 1. The molecule has 0 aliphatic carbocycles. The molecule has 0 saturated carbocycles. The number of aryl methyl sites for hydroxylation is 1. The van der Waals surface area contributed by atoms with Gasteiger partial charge in [0, 0.05) is 18.7 Å². The van der Waals surface area contributed by atoms with Crippen LogP contribution in [-0.4, -0.2) is 25.0 Å². The van der Waals surface area contributed by atoms with Crippen LogP contribution in [0.5, 0.6) is 0 Å². The molecule has 0 amide bonds. The molecule has 0 fully saturated rings. The van der Waals surface area contributed by atoms with Gasteiger partial charge in [-0.15, -0.1) is 0 Å². The van der Waals surface area contributed by atoms with Crippen LogP contribution < -0.4 is 0 Å². The molecule has 4 heteroatoms. The third-order valence-electron chi connectivity index (χ3n) is 3.26. The van der Waals surface area contributed by atoms with Crippen molar-refractivity contribution in [1.82, 2.24) is 4.90 Å². The van der Waals surface area contributed by atoms with Gasteiger partial charge in [0.1, 0.15) is 0 Å². The highest BCUT2D eigenvalue weighted by Gasteiger charge is 2.17. The first-order valence-electron chi connectivity index (χ1n) is 6.49. The quantitative estimate of drug-likeness (QED) is 0.785. The molecule has 0 atom stereocenters. The second kappa shape index (κ2) is 6.39. The van der Waals surface area contributed by atoms with E-state index in [-0.39, 0.29) is 5.76 Å². The van der Waals surface area contributed by atoms with Crippen LogP contribution in [0.3, 0.4) is 0 Å². The number of benzene rings is 1. The molecule has 106 valence electrons. The maximum Gasteiger partial charge on any atom is 0.374 e. The van der Waals surface area contributed by atoms with Crippen LogP contribution in [0, 0.1) is 6.92 Å². The lowest BCUT2D eigenvalue weighted by Gasteiger charge is -2.17. The van der Waals surface area contributed by atoms with Gasteiger partial charge in [-0.25, -0.2) is 4.79 Å². The highest BCUT2D eigenvalue weighted by Crippen LogP contribution is 2.16. The third-order valence-corrected chi connectivity index (χ3v) is 3.26. The summed E-state index contributed by atoms with van der Waals surface area (Å²) in [5, 5.41) is 0. The van der Waals surface area contributed by atoms with E-state index in [0.29, 0.717) is 6.54 Å². The zero-order chi connectivity index (χ0) is 14.5. The summed E-state index contributed by atoms with van der Waals surface area (Å²) in [7, 11) is 3.37. The first-order valence-corrected chi connectivity index (χ1v) is 6.49. The Labute approximate surface area is 119 Å². The van der Waals surface area contributed by atoms with Gasteiger partial charge in [-0.2, -0.15) is 0 Å². The van der Waals surface area contributed by atoms with Crippen LogP contribution in [0.15, 0.2) is 41.0 Å². The molecule has 1 heterocycles. The Morgan fingerprint density at radius 3 is 2.60 bits per heavy atom. The van der Waals surface area contributed by atoms with Crippen molar-refractivity contribution in [2.24, 2.45) is 0 Å². The van der Waals surface area contributed by atoms with Crippen molar-refractivity contribution < 1.29 is 13.9 Å². The average Bonchev–Trinajstić information content (AvgIpc) is 2.88. The molecule has 0 aliphatic rings. The number of ether oxygens (including phenoxy) is 1. The van der Waals surface area contributed by atoms with Crippen LogP contribution in [0.1, 0.15) is 27.2 Å². The Balaban J connectivity index is 2.05. The highest BCUT2D eigenvalue weighted by atomic mass is 16.5. The second-order valence-corrected chi connectivity index (χ2v) is 4.87. The number of methoxy groups -OCH3 is 1. The minimum absolute atomic E-state index is 0.282. The fourth-order valence-corrected chi connectivity index (χ4v) is 2.16. The predicted octanol–water partition coefficient (Wildman–Crippen LogP) is 3.01. The lowest BCUT2D eigenvalue weighted by Crippen LogP contribution is -2.19. The molecule has 1 aromatic heterocycles. The molecule has 1 aromatic carbocycles. The summed E-state index contributed by atoms with van der Waals surface area (Å²) in [6.45, 7) is 3.55. The summed E-state index contributed by atoms with van der Waals surface area (Å²) in [6, 6.07) is 10.1. The van der Waals surface area contributed by atoms with Gasteiger partial charge in [0.2, 0.25) is 5.76 Å². The monoisotopic (exact) mass is 273 g/mol. The van der Waals surface area contributed by atoms with Crippen molar-refractivity contribution in [2.75, 3.05) is 14.2 Å². The van der Waals surface area contributed by atoms with Crippen molar-refractivity contribution in [3.8, 4) is 0 Å². The first-order chi connectivity index (χ1) is 9.61. The van der Waals surface area contributed by atoms with E-state index in [2.05, 4.69) is 24.0 Å². The number of carbonyl (C=O) groups excluding carboxylic acids is 1. The smallest absolute Gasteiger partial charge is 0.374 e. The molecule has 0 aliphatic heterocycles. The Hall–Kier alpha value is -2.07. The molecule has 20 heavy (non-hydrogen) atoms. The maximum absolute atomic E-state index is 11.6. The van der Waals surface area contributed by atoms with E-state index in [4.69, 9.17) is 9.15 Å². The largest absolute Gasteiger partial charge is 0.463 e. The number of esters is 1. The van der Waals surface area contributed by atoms with Crippen LogP contribution in [0.4, 0.5) is 0 Å². The fourth-order valence-electron chi connectivity index (χ4n) is 2.16. The molecule has 0 spiro atoms. The van der Waals surface area contributed by atoms with Crippen molar-refractivity contribution in [1.29, 1.82) is 0 Å². The first kappa shape index (κ1) is 14.3. The number of rotatable bonds is 5. The van der Waals surface area contributed by atoms with Gasteiger partial charge in [-0.05, 0) is 31.2 Å². The summed E-state index contributed by atoms with van der Waals surface area (Å²) < 4.78 is 9.89. The maximum atomic E-state index is 11.6. The molecular formula is C16H19NO3. The van der Waals surface area contributed by atoms with Crippen LogP contribution in [0.25, 0.3) is 0 Å². The van der Waals surface area contributed by atoms with Gasteiger partial charge in [-0.3, -0.25) is 4.90 Å². The number of furan rings is 1. The Bertz CT molecular complexity index is 589. The SMILES string of the molecule is COC(=O)c1occc1CN(C)Cc1ccccc1C. The van der Waals surface area contributed by atoms with E-state index in [9.17, 15) is 4.79 Å². The topological polar surface area (TPSA) is 42.7 Å². The molecule has 0 unspecified atom stereocenters. The molecule has 0 N–H and O–H groups in total. The Morgan fingerprint density at radius 2 is 1.90 bits per heavy atom. The normalized spacial score (nSPS) is 10.8. The fraction of sp³-hybridized carbons (Fsp3) is 0.312. The van der Waals surface area contributed by atoms with E-state index in [1.807, 2.05) is 19.2 Å². The third kappa shape index (κ3) is 3.27. The molecule has 4 nitrogen and oxygen atoms in total. The van der Waals surface area contributed by atoms with E-state index in [1.54, 1.807) is 6.07 Å². The minimum Gasteiger partial charge on any atom is -0.463 e. The lowest BCUT2D eigenvalue weighted by atomic mass is 10.1. The van der Waals surface area contributed by atoms with E-state index in [1.165, 1.54) is 24.5 Å². The van der Waals surface area contributed by atoms with Crippen molar-refractivity contribution in [3.63, 3.8) is 0 Å². The average molecular weight is 273 g/mol. The van der Waals surface area contributed by atoms with Gasteiger partial charge in [-0.1, -0.05) is 24.3 Å². The van der Waals surface area contributed by atoms with Crippen molar-refractivity contribution >= 4 is 5.97 Å². The van der Waals surface area contributed by atoms with Crippen LogP contribution in [0.2, 0.25) is 0 Å². The Morgan fingerprint density at radius 1 is 1.20 bits per heavy atom. The Kier molecular flexibility index (Phi) is 4.58. The van der Waals surface area contributed by atoms with Gasteiger partial charge in [0.25, 0.3) is 0 Å². The summed E-state index contributed by atoms with van der Waals surface area (Å²) in [4.78, 5) is 13.7. The van der Waals surface area contributed by atoms with Crippen LogP contribution in [-0.2, 0) is 17.8 Å². The standard InChI is InChI=1S/C16H19NO3/c1-12-6-4-5-7-13(12)10-17(2)11-14-8-9-20-15(14)16(18)19-3/h4-9H,10-11H2,1-3H3. The van der Waals surface area contributed by atoms with Crippen molar-refractivity contribution in [2.45, 2.75) is 20.0 Å². The van der Waals surface area contributed by atoms with Gasteiger partial charge >= 0.3 is 5.97 Å². The number of carbonyl (C=O) groups is 1. The lowest BCUT2D eigenvalue weighted by molar-refractivity contribution is 0.0562. The predicted molar refractivity (Wildman–Crippen MR) is 76.4 cm³/mol. The zero-order valence-corrected chi connectivity index (χ0v) is 12.1. The molecule has 0 radical (unpaired) electrons. The number of hydrogen-bond donors (Lipinski definition) is 0. The zero-order valence-electron chi connectivity index (χ0n) is 12.1. The van der Waals surface area contributed by atoms with E-state index < -0.39 is 5.97 Å². The summed E-state index contributed by atoms with van der Waals surface area (Å²) in [6.07, 6.45) is 1.52. The minimum atomic E-state index is -0.436. The van der Waals surface area contributed by atoms with E-state index >= 15 is 0 Å². The molecule has 2 aromatic rings. The summed E-state index contributed by atoms with van der Waals surface area (Å²) in [5.41, 5.74) is 3.38.